The van der Waals surface area contributed by atoms with Gasteiger partial charge < -0.3 is 0 Å². The van der Waals surface area contributed by atoms with E-state index in [9.17, 15) is 0 Å². The predicted octanol–water partition coefficient (Wildman–Crippen LogP) is 6.73. The number of fused-ring (bicyclic) bond motifs is 15. The third-order valence-electron chi connectivity index (χ3n) is 7.99. The minimum atomic E-state index is 0.889. The molecule has 0 saturated heterocycles. The van der Waals surface area contributed by atoms with E-state index in [2.05, 4.69) is 69.0 Å². The highest BCUT2D eigenvalue weighted by atomic mass is 15.1. The van der Waals surface area contributed by atoms with Crippen molar-refractivity contribution >= 4 is 38.5 Å². The van der Waals surface area contributed by atoms with Crippen LogP contribution in [-0.4, -0.2) is 19.4 Å². The number of hydrogen-bond donors (Lipinski definition) is 0. The van der Waals surface area contributed by atoms with Crippen molar-refractivity contribution in [2.24, 2.45) is 0 Å². The molecule has 4 aromatic heterocycles. The Morgan fingerprint density at radius 1 is 0.629 bits per heavy atom. The van der Waals surface area contributed by atoms with E-state index in [0.29, 0.717) is 0 Å². The molecule has 0 aliphatic heterocycles. The van der Waals surface area contributed by atoms with Gasteiger partial charge in [0.2, 0.25) is 0 Å². The molecular weight excluding hydrogens is 428 g/mol. The summed E-state index contributed by atoms with van der Waals surface area (Å²) in [6.07, 6.45) is 7.66. The Kier molecular flexibility index (Phi) is 3.11. The van der Waals surface area contributed by atoms with Crippen molar-refractivity contribution in [1.82, 2.24) is 19.4 Å². The van der Waals surface area contributed by atoms with Crippen LogP contribution in [0.15, 0.2) is 85.3 Å². The Bertz CT molecular complexity index is 2070. The van der Waals surface area contributed by atoms with Gasteiger partial charge in [-0.05, 0) is 93.1 Å². The average molecular weight is 447 g/mol. The van der Waals surface area contributed by atoms with Gasteiger partial charge in [-0.3, -0.25) is 9.38 Å². The van der Waals surface area contributed by atoms with E-state index in [4.69, 9.17) is 4.98 Å². The summed E-state index contributed by atoms with van der Waals surface area (Å²) in [5.41, 5.74) is 15.2. The summed E-state index contributed by atoms with van der Waals surface area (Å²) >= 11 is 0. The molecule has 4 heteroatoms. The zero-order valence-electron chi connectivity index (χ0n) is 18.8. The summed E-state index contributed by atoms with van der Waals surface area (Å²) in [5, 5.41) is 3.49. The maximum absolute atomic E-state index is 5.03. The van der Waals surface area contributed by atoms with Crippen LogP contribution in [-0.2, 0) is 12.8 Å². The van der Waals surface area contributed by atoms with Crippen LogP contribution in [0.1, 0.15) is 22.3 Å². The molecule has 0 bridgehead atoms. The lowest BCUT2D eigenvalue weighted by Gasteiger charge is -2.11. The van der Waals surface area contributed by atoms with Crippen molar-refractivity contribution in [2.45, 2.75) is 12.8 Å². The summed E-state index contributed by atoms with van der Waals surface area (Å²) in [6, 6.07) is 24.3. The zero-order valence-corrected chi connectivity index (χ0v) is 18.8. The normalized spacial score (nSPS) is 13.5. The Morgan fingerprint density at radius 2 is 1.49 bits per heavy atom. The molecule has 0 saturated carbocycles. The third-order valence-corrected chi connectivity index (χ3v) is 7.99. The first-order valence-electron chi connectivity index (χ1n) is 12.0. The van der Waals surface area contributed by atoms with Crippen LogP contribution in [0.2, 0.25) is 0 Å². The first-order valence-corrected chi connectivity index (χ1v) is 12.0. The number of aromatic nitrogens is 4. The average Bonchev–Trinajstić information content (AvgIpc) is 3.59. The molecule has 9 rings (SSSR count). The van der Waals surface area contributed by atoms with Gasteiger partial charge in [0.05, 0.1) is 5.52 Å². The van der Waals surface area contributed by atoms with E-state index in [1.165, 1.54) is 49.9 Å². The van der Waals surface area contributed by atoms with Gasteiger partial charge in [0.25, 0.3) is 0 Å². The van der Waals surface area contributed by atoms with Crippen LogP contribution in [0.25, 0.3) is 60.7 Å². The van der Waals surface area contributed by atoms with Crippen LogP contribution < -0.4 is 0 Å². The fourth-order valence-electron chi connectivity index (χ4n) is 6.48. The fraction of sp³-hybridized carbons (Fsp3) is 0.0645. The minimum Gasteiger partial charge on any atom is -0.276 e. The lowest BCUT2D eigenvalue weighted by atomic mass is 9.96. The van der Waals surface area contributed by atoms with E-state index in [0.717, 1.165) is 45.9 Å². The van der Waals surface area contributed by atoms with Crippen LogP contribution in [0.5, 0.6) is 0 Å². The van der Waals surface area contributed by atoms with Gasteiger partial charge >= 0.3 is 0 Å². The van der Waals surface area contributed by atoms with Crippen LogP contribution in [0.3, 0.4) is 0 Å². The lowest BCUT2D eigenvalue weighted by Crippen LogP contribution is -1.94. The van der Waals surface area contributed by atoms with E-state index >= 15 is 0 Å². The Morgan fingerprint density at radius 3 is 2.43 bits per heavy atom. The van der Waals surface area contributed by atoms with Crippen molar-refractivity contribution in [3.63, 3.8) is 0 Å². The summed E-state index contributed by atoms with van der Waals surface area (Å²) in [7, 11) is 0. The Hall–Kier alpha value is -4.57. The van der Waals surface area contributed by atoms with Gasteiger partial charge in [-0.25, -0.2) is 9.97 Å². The van der Waals surface area contributed by atoms with Crippen molar-refractivity contribution in [1.29, 1.82) is 0 Å². The summed E-state index contributed by atoms with van der Waals surface area (Å²) in [6.45, 7) is 0. The van der Waals surface area contributed by atoms with Crippen molar-refractivity contribution in [2.75, 3.05) is 0 Å². The maximum atomic E-state index is 5.03. The van der Waals surface area contributed by atoms with Gasteiger partial charge in [-0.2, -0.15) is 0 Å². The van der Waals surface area contributed by atoms with Gasteiger partial charge in [0, 0.05) is 29.4 Å². The molecule has 0 N–H and O–H groups in total. The van der Waals surface area contributed by atoms with E-state index < -0.39 is 0 Å². The lowest BCUT2D eigenvalue weighted by molar-refractivity contribution is 1.16. The SMILES string of the molecule is c1ccc2c(c1)Cc1c-2ccc2c1Cc1cc3c(cc1-2)c1cnccc1n1c2ncccc2nc31. The standard InChI is InChI=1S/C31H18N4/c1-2-5-19-17(4-1)12-23-20(19)7-8-21-22-15-25-26(14-18(22)13-24(21)23)30-34-28-6-3-10-33-31(28)35(30)29-9-11-32-16-27(25)29/h1-11,14-16H,12-13H2. The summed E-state index contributed by atoms with van der Waals surface area (Å²) in [5.74, 6) is 0. The van der Waals surface area contributed by atoms with Gasteiger partial charge in [0.15, 0.2) is 5.65 Å². The molecule has 35 heavy (non-hydrogen) atoms. The number of imidazole rings is 1. The van der Waals surface area contributed by atoms with Crippen LogP contribution in [0, 0.1) is 0 Å². The Labute approximate surface area is 200 Å². The van der Waals surface area contributed by atoms with Crippen molar-refractivity contribution in [3.05, 3.63) is 108 Å². The van der Waals surface area contributed by atoms with Crippen LogP contribution in [0.4, 0.5) is 0 Å². The molecule has 3 aromatic carbocycles. The molecule has 2 aliphatic carbocycles. The van der Waals surface area contributed by atoms with Crippen LogP contribution >= 0.6 is 0 Å². The summed E-state index contributed by atoms with van der Waals surface area (Å²) < 4.78 is 2.19. The van der Waals surface area contributed by atoms with Crippen molar-refractivity contribution in [3.8, 4) is 22.3 Å². The highest BCUT2D eigenvalue weighted by Crippen LogP contribution is 2.48. The molecule has 0 spiro atoms. The molecule has 0 radical (unpaired) electrons. The number of rotatable bonds is 0. The second-order valence-electron chi connectivity index (χ2n) is 9.69. The monoisotopic (exact) mass is 446 g/mol. The molecule has 4 nitrogen and oxygen atoms in total. The quantitative estimate of drug-likeness (QED) is 0.243. The van der Waals surface area contributed by atoms with Gasteiger partial charge in [0.1, 0.15) is 11.2 Å². The van der Waals surface area contributed by atoms with E-state index in [-0.39, 0.29) is 0 Å². The van der Waals surface area contributed by atoms with Gasteiger partial charge in [-0.1, -0.05) is 36.4 Å². The fourth-order valence-corrected chi connectivity index (χ4v) is 6.48. The first kappa shape index (κ1) is 17.8. The topological polar surface area (TPSA) is 43.1 Å². The third kappa shape index (κ3) is 2.15. The number of pyridine rings is 3. The number of nitrogens with zero attached hydrogens (tertiary/aromatic N) is 4. The number of benzene rings is 3. The predicted molar refractivity (Wildman–Crippen MR) is 140 cm³/mol. The molecular formula is C31H18N4. The highest BCUT2D eigenvalue weighted by molar-refractivity contribution is 6.15. The summed E-state index contributed by atoms with van der Waals surface area (Å²) in [4.78, 5) is 14.2. The molecule has 0 amide bonds. The molecule has 7 aromatic rings. The van der Waals surface area contributed by atoms with Crippen molar-refractivity contribution < 1.29 is 0 Å². The number of hydrogen-bond acceptors (Lipinski definition) is 3. The zero-order chi connectivity index (χ0) is 22.7. The van der Waals surface area contributed by atoms with Gasteiger partial charge in [-0.15, -0.1) is 0 Å². The molecule has 0 fully saturated rings. The second-order valence-corrected chi connectivity index (χ2v) is 9.69. The molecule has 2 aliphatic rings. The largest absolute Gasteiger partial charge is 0.276 e. The molecule has 0 unspecified atom stereocenters. The maximum Gasteiger partial charge on any atom is 0.164 e. The first-order chi connectivity index (χ1) is 17.3. The minimum absolute atomic E-state index is 0.889. The Balaban J connectivity index is 1.38. The highest BCUT2D eigenvalue weighted by Gasteiger charge is 2.28. The molecule has 0 atom stereocenters. The molecule has 4 heterocycles. The molecule has 162 valence electrons. The van der Waals surface area contributed by atoms with E-state index in [1.54, 1.807) is 0 Å². The van der Waals surface area contributed by atoms with E-state index in [1.807, 2.05) is 30.7 Å². The second kappa shape index (κ2) is 6.10. The smallest absolute Gasteiger partial charge is 0.164 e.